The first kappa shape index (κ1) is 19.2. The molecule has 0 aliphatic heterocycles. The lowest BCUT2D eigenvalue weighted by molar-refractivity contribution is -0.119. The van der Waals surface area contributed by atoms with Gasteiger partial charge in [-0.05, 0) is 29.4 Å². The molecule has 0 bridgehead atoms. The van der Waals surface area contributed by atoms with E-state index in [1.165, 1.54) is 12.7 Å². The molecule has 1 aromatic carbocycles. The quantitative estimate of drug-likeness (QED) is 0.808. The smallest absolute Gasteiger partial charge is 0.413 e. The SMILES string of the molecule is CC[C@H](C)c1ccc([C@@H](NCC(=O)NC(=O)OC)C(C)C)cc1. The van der Waals surface area contributed by atoms with Gasteiger partial charge in [0.1, 0.15) is 0 Å². The van der Waals surface area contributed by atoms with E-state index >= 15 is 0 Å². The number of benzene rings is 1. The minimum absolute atomic E-state index is 0.0457. The number of hydrogen-bond donors (Lipinski definition) is 2. The van der Waals surface area contributed by atoms with E-state index in [4.69, 9.17) is 0 Å². The third-order valence-corrected chi connectivity index (χ3v) is 4.05. The Morgan fingerprint density at radius 1 is 1.09 bits per heavy atom. The minimum atomic E-state index is -0.740. The van der Waals surface area contributed by atoms with E-state index in [1.54, 1.807) is 0 Å². The van der Waals surface area contributed by atoms with Gasteiger partial charge in [-0.2, -0.15) is 0 Å². The topological polar surface area (TPSA) is 67.4 Å². The number of alkyl carbamates (subject to hydrolysis) is 1. The molecular weight excluding hydrogens is 292 g/mol. The van der Waals surface area contributed by atoms with Crippen molar-refractivity contribution in [1.29, 1.82) is 0 Å². The zero-order chi connectivity index (χ0) is 17.4. The fourth-order valence-corrected chi connectivity index (χ4v) is 2.42. The fourth-order valence-electron chi connectivity index (χ4n) is 2.42. The van der Waals surface area contributed by atoms with Crippen molar-refractivity contribution in [3.05, 3.63) is 35.4 Å². The van der Waals surface area contributed by atoms with Gasteiger partial charge in [0.15, 0.2) is 0 Å². The number of imide groups is 1. The highest BCUT2D eigenvalue weighted by molar-refractivity contribution is 5.92. The number of carbonyl (C=O) groups is 2. The molecule has 0 aliphatic carbocycles. The lowest BCUT2D eigenvalue weighted by atomic mass is 9.92. The summed E-state index contributed by atoms with van der Waals surface area (Å²) in [6.07, 6.45) is 0.370. The van der Waals surface area contributed by atoms with Crippen LogP contribution in [0.25, 0.3) is 0 Å². The van der Waals surface area contributed by atoms with E-state index in [1.807, 2.05) is 0 Å². The highest BCUT2D eigenvalue weighted by Crippen LogP contribution is 2.25. The molecule has 0 unspecified atom stereocenters. The molecule has 2 amide bonds. The standard InChI is InChI=1S/C18H28N2O3/c1-6-13(4)14-7-9-15(10-8-14)17(12(2)3)19-11-16(21)20-18(22)23-5/h7-10,12-13,17,19H,6,11H2,1-5H3,(H,20,21,22)/t13-,17-/m0/s1. The second-order valence-electron chi connectivity index (χ2n) is 6.12. The molecule has 0 spiro atoms. The van der Waals surface area contributed by atoms with Crippen molar-refractivity contribution in [3.63, 3.8) is 0 Å². The molecule has 1 rings (SSSR count). The van der Waals surface area contributed by atoms with Crippen molar-refractivity contribution in [2.45, 2.75) is 46.1 Å². The van der Waals surface area contributed by atoms with E-state index in [0.29, 0.717) is 11.8 Å². The number of methoxy groups -OCH3 is 1. The van der Waals surface area contributed by atoms with Gasteiger partial charge in [0.05, 0.1) is 13.7 Å². The van der Waals surface area contributed by atoms with Crippen LogP contribution in [0.2, 0.25) is 0 Å². The summed E-state index contributed by atoms with van der Waals surface area (Å²) in [5, 5.41) is 5.35. The monoisotopic (exact) mass is 320 g/mol. The van der Waals surface area contributed by atoms with E-state index in [0.717, 1.165) is 12.0 Å². The Labute approximate surface area is 138 Å². The number of rotatable bonds is 7. The van der Waals surface area contributed by atoms with Crippen LogP contribution in [0.1, 0.15) is 57.2 Å². The normalized spacial score (nSPS) is 13.5. The zero-order valence-electron chi connectivity index (χ0n) is 14.7. The number of hydrogen-bond acceptors (Lipinski definition) is 4. The van der Waals surface area contributed by atoms with Crippen LogP contribution >= 0.6 is 0 Å². The fraction of sp³-hybridized carbons (Fsp3) is 0.556. The molecule has 0 saturated carbocycles. The summed E-state index contributed by atoms with van der Waals surface area (Å²) >= 11 is 0. The summed E-state index contributed by atoms with van der Waals surface area (Å²) in [5.74, 6) is 0.453. The van der Waals surface area contributed by atoms with Crippen LogP contribution in [0.5, 0.6) is 0 Å². The number of nitrogens with one attached hydrogen (secondary N) is 2. The molecule has 128 valence electrons. The van der Waals surface area contributed by atoms with Gasteiger partial charge in [0.25, 0.3) is 0 Å². The molecule has 0 heterocycles. The Morgan fingerprint density at radius 2 is 1.65 bits per heavy atom. The van der Waals surface area contributed by atoms with Crippen LogP contribution in [0.4, 0.5) is 4.79 Å². The van der Waals surface area contributed by atoms with Gasteiger partial charge in [-0.3, -0.25) is 10.1 Å². The van der Waals surface area contributed by atoms with E-state index in [-0.39, 0.29) is 12.6 Å². The summed E-state index contributed by atoms with van der Waals surface area (Å²) in [7, 11) is 1.23. The Bertz CT molecular complexity index is 512. The molecule has 0 aromatic heterocycles. The van der Waals surface area contributed by atoms with Crippen LogP contribution in [-0.4, -0.2) is 25.7 Å². The highest BCUT2D eigenvalue weighted by atomic mass is 16.5. The van der Waals surface area contributed by atoms with Gasteiger partial charge in [0.2, 0.25) is 5.91 Å². The van der Waals surface area contributed by atoms with Crippen molar-refractivity contribution in [3.8, 4) is 0 Å². The van der Waals surface area contributed by atoms with Crippen molar-refractivity contribution in [1.82, 2.24) is 10.6 Å². The maximum atomic E-state index is 11.7. The van der Waals surface area contributed by atoms with E-state index in [2.05, 4.69) is 67.3 Å². The zero-order valence-corrected chi connectivity index (χ0v) is 14.7. The van der Waals surface area contributed by atoms with Crippen molar-refractivity contribution in [2.24, 2.45) is 5.92 Å². The van der Waals surface area contributed by atoms with Crippen molar-refractivity contribution in [2.75, 3.05) is 13.7 Å². The molecular formula is C18H28N2O3. The summed E-state index contributed by atoms with van der Waals surface area (Å²) < 4.78 is 4.41. The van der Waals surface area contributed by atoms with Crippen LogP contribution in [0, 0.1) is 5.92 Å². The van der Waals surface area contributed by atoms with Crippen molar-refractivity contribution >= 4 is 12.0 Å². The summed E-state index contributed by atoms with van der Waals surface area (Å²) in [6.45, 7) is 8.64. The second kappa shape index (κ2) is 9.30. The summed E-state index contributed by atoms with van der Waals surface area (Å²) in [4.78, 5) is 22.7. The van der Waals surface area contributed by atoms with Gasteiger partial charge >= 0.3 is 6.09 Å². The number of amides is 2. The molecule has 0 aliphatic rings. The molecule has 0 fully saturated rings. The maximum Gasteiger partial charge on any atom is 0.413 e. The first-order chi connectivity index (χ1) is 10.9. The lowest BCUT2D eigenvalue weighted by Crippen LogP contribution is -2.39. The Kier molecular flexibility index (Phi) is 7.75. The first-order valence-corrected chi connectivity index (χ1v) is 8.10. The van der Waals surface area contributed by atoms with Crippen LogP contribution in [0.15, 0.2) is 24.3 Å². The highest BCUT2D eigenvalue weighted by Gasteiger charge is 2.17. The van der Waals surface area contributed by atoms with Gasteiger partial charge in [-0.1, -0.05) is 52.0 Å². The first-order valence-electron chi connectivity index (χ1n) is 8.10. The lowest BCUT2D eigenvalue weighted by Gasteiger charge is -2.23. The largest absolute Gasteiger partial charge is 0.453 e. The molecule has 5 nitrogen and oxygen atoms in total. The molecule has 23 heavy (non-hydrogen) atoms. The molecule has 2 atom stereocenters. The molecule has 1 aromatic rings. The summed E-state index contributed by atoms with van der Waals surface area (Å²) in [6, 6.07) is 8.56. The van der Waals surface area contributed by atoms with E-state index < -0.39 is 12.0 Å². The predicted octanol–water partition coefficient (Wildman–Crippen LogP) is 3.37. The Balaban J connectivity index is 2.71. The van der Waals surface area contributed by atoms with Gasteiger partial charge in [0, 0.05) is 6.04 Å². The van der Waals surface area contributed by atoms with Gasteiger partial charge in [-0.15, -0.1) is 0 Å². The molecule has 0 radical (unpaired) electrons. The molecule has 2 N–H and O–H groups in total. The van der Waals surface area contributed by atoms with Gasteiger partial charge < -0.3 is 10.1 Å². The molecule has 5 heteroatoms. The maximum absolute atomic E-state index is 11.7. The Hall–Kier alpha value is -1.88. The van der Waals surface area contributed by atoms with Gasteiger partial charge in [-0.25, -0.2) is 4.79 Å². The minimum Gasteiger partial charge on any atom is -0.453 e. The summed E-state index contributed by atoms with van der Waals surface area (Å²) in [5.41, 5.74) is 2.46. The molecule has 0 saturated heterocycles. The van der Waals surface area contributed by atoms with Crippen LogP contribution in [-0.2, 0) is 9.53 Å². The average Bonchev–Trinajstić information content (AvgIpc) is 2.54. The van der Waals surface area contributed by atoms with Crippen molar-refractivity contribution < 1.29 is 14.3 Å². The van der Waals surface area contributed by atoms with Crippen LogP contribution < -0.4 is 10.6 Å². The predicted molar refractivity (Wildman–Crippen MR) is 91.3 cm³/mol. The second-order valence-corrected chi connectivity index (χ2v) is 6.12. The number of ether oxygens (including phenoxy) is 1. The van der Waals surface area contributed by atoms with Crippen LogP contribution in [0.3, 0.4) is 0 Å². The third-order valence-electron chi connectivity index (χ3n) is 4.05. The Morgan fingerprint density at radius 3 is 2.13 bits per heavy atom. The van der Waals surface area contributed by atoms with E-state index in [9.17, 15) is 9.59 Å². The number of carbonyl (C=O) groups excluding carboxylic acids is 2. The average molecular weight is 320 g/mol. The third kappa shape index (κ3) is 6.02.